The van der Waals surface area contributed by atoms with E-state index in [9.17, 15) is 0 Å². The SMILES string of the molecule is c1ccc(C2OC(C(c3ccccc3)c3ccccc3)OC2c2ccccc2)cc1. The van der Waals surface area contributed by atoms with Crippen LogP contribution in [0.1, 0.15) is 40.4 Å². The Bertz CT molecular complexity index is 962. The van der Waals surface area contributed by atoms with E-state index in [0.29, 0.717) is 0 Å². The van der Waals surface area contributed by atoms with Crippen molar-refractivity contribution in [1.82, 2.24) is 0 Å². The Hall–Kier alpha value is -3.20. The molecule has 0 bridgehead atoms. The zero-order valence-electron chi connectivity index (χ0n) is 16.7. The van der Waals surface area contributed by atoms with Crippen molar-refractivity contribution < 1.29 is 9.47 Å². The van der Waals surface area contributed by atoms with E-state index in [1.807, 2.05) is 24.3 Å². The van der Waals surface area contributed by atoms with E-state index >= 15 is 0 Å². The van der Waals surface area contributed by atoms with Gasteiger partial charge in [-0.3, -0.25) is 0 Å². The third-order valence-electron chi connectivity index (χ3n) is 5.68. The molecule has 4 aromatic rings. The summed E-state index contributed by atoms with van der Waals surface area (Å²) in [6.07, 6.45) is -0.702. The molecule has 2 heteroatoms. The van der Waals surface area contributed by atoms with Gasteiger partial charge in [0.25, 0.3) is 0 Å². The smallest absolute Gasteiger partial charge is 0.170 e. The fourth-order valence-corrected chi connectivity index (χ4v) is 4.24. The largest absolute Gasteiger partial charge is 0.341 e. The molecule has 1 saturated heterocycles. The quantitative estimate of drug-likeness (QED) is 0.377. The van der Waals surface area contributed by atoms with Gasteiger partial charge in [0.2, 0.25) is 0 Å². The van der Waals surface area contributed by atoms with Gasteiger partial charge in [0, 0.05) is 0 Å². The van der Waals surface area contributed by atoms with Gasteiger partial charge in [0.15, 0.2) is 6.29 Å². The Morgan fingerprint density at radius 1 is 0.433 bits per heavy atom. The van der Waals surface area contributed by atoms with Crippen molar-refractivity contribution in [3.8, 4) is 0 Å². The van der Waals surface area contributed by atoms with E-state index in [-0.39, 0.29) is 24.4 Å². The van der Waals surface area contributed by atoms with Crippen molar-refractivity contribution in [1.29, 1.82) is 0 Å². The van der Waals surface area contributed by atoms with Crippen LogP contribution >= 0.6 is 0 Å². The Balaban J connectivity index is 1.56. The molecule has 0 spiro atoms. The Morgan fingerprint density at radius 3 is 1.13 bits per heavy atom. The molecule has 2 atom stereocenters. The Kier molecular flexibility index (Phi) is 5.43. The number of ether oxygens (including phenoxy) is 2. The summed E-state index contributed by atoms with van der Waals surface area (Å²) in [6.45, 7) is 0. The van der Waals surface area contributed by atoms with Gasteiger partial charge >= 0.3 is 0 Å². The fraction of sp³-hybridized carbons (Fsp3) is 0.143. The molecule has 4 aromatic carbocycles. The third-order valence-corrected chi connectivity index (χ3v) is 5.68. The minimum absolute atomic E-state index is 0.00711. The lowest BCUT2D eigenvalue weighted by molar-refractivity contribution is -0.0766. The molecule has 0 radical (unpaired) electrons. The zero-order chi connectivity index (χ0) is 20.2. The molecule has 1 aliphatic heterocycles. The van der Waals surface area contributed by atoms with Crippen molar-refractivity contribution in [2.75, 3.05) is 0 Å². The monoisotopic (exact) mass is 392 g/mol. The lowest BCUT2D eigenvalue weighted by Crippen LogP contribution is -2.21. The number of hydrogen-bond acceptors (Lipinski definition) is 2. The average molecular weight is 392 g/mol. The summed E-state index contributed by atoms with van der Waals surface area (Å²) in [7, 11) is 0. The maximum atomic E-state index is 6.66. The predicted molar refractivity (Wildman–Crippen MR) is 119 cm³/mol. The van der Waals surface area contributed by atoms with Crippen LogP contribution in [0, 0.1) is 0 Å². The van der Waals surface area contributed by atoms with Crippen LogP contribution in [0.5, 0.6) is 0 Å². The summed E-state index contributed by atoms with van der Waals surface area (Å²) in [6, 6.07) is 41.7. The molecule has 0 saturated carbocycles. The molecule has 0 aliphatic carbocycles. The Labute approximate surface area is 177 Å². The highest BCUT2D eigenvalue weighted by Crippen LogP contribution is 2.47. The van der Waals surface area contributed by atoms with Crippen LogP contribution in [-0.4, -0.2) is 6.29 Å². The van der Waals surface area contributed by atoms with Crippen LogP contribution in [0.4, 0.5) is 0 Å². The highest BCUT2D eigenvalue weighted by atomic mass is 16.7. The van der Waals surface area contributed by atoms with E-state index < -0.39 is 0 Å². The molecule has 0 amide bonds. The fourth-order valence-electron chi connectivity index (χ4n) is 4.24. The molecular formula is C28H24O2. The van der Waals surface area contributed by atoms with Crippen molar-refractivity contribution in [3.63, 3.8) is 0 Å². The van der Waals surface area contributed by atoms with E-state index in [2.05, 4.69) is 97.1 Å². The molecule has 1 heterocycles. The van der Waals surface area contributed by atoms with Gasteiger partial charge in [-0.2, -0.15) is 0 Å². The van der Waals surface area contributed by atoms with Crippen molar-refractivity contribution in [2.24, 2.45) is 0 Å². The van der Waals surface area contributed by atoms with Gasteiger partial charge in [-0.1, -0.05) is 121 Å². The summed E-state index contributed by atoms with van der Waals surface area (Å²) < 4.78 is 13.3. The van der Waals surface area contributed by atoms with Crippen molar-refractivity contribution in [2.45, 2.75) is 24.4 Å². The summed E-state index contributed by atoms with van der Waals surface area (Å²) in [4.78, 5) is 0. The van der Waals surface area contributed by atoms with Crippen LogP contribution in [0.25, 0.3) is 0 Å². The minimum atomic E-state index is -0.384. The second-order valence-electron chi connectivity index (χ2n) is 7.60. The summed E-state index contributed by atoms with van der Waals surface area (Å²) >= 11 is 0. The second kappa shape index (κ2) is 8.66. The van der Waals surface area contributed by atoms with Crippen molar-refractivity contribution in [3.05, 3.63) is 144 Å². The molecule has 30 heavy (non-hydrogen) atoms. The summed E-state index contributed by atoms with van der Waals surface area (Å²) in [5.41, 5.74) is 4.64. The molecule has 148 valence electrons. The standard InChI is InChI=1S/C28H24O2/c1-5-13-21(14-6-1)25(22-15-7-2-8-16-22)28-29-26(23-17-9-3-10-18-23)27(30-28)24-19-11-4-12-20-24/h1-20,25-28H. The highest BCUT2D eigenvalue weighted by molar-refractivity contribution is 5.34. The first kappa shape index (κ1) is 18.8. The normalized spacial score (nSPS) is 21.0. The van der Waals surface area contributed by atoms with E-state index in [4.69, 9.17) is 9.47 Å². The second-order valence-corrected chi connectivity index (χ2v) is 7.60. The molecule has 2 unspecified atom stereocenters. The van der Waals surface area contributed by atoms with Crippen LogP contribution in [0.3, 0.4) is 0 Å². The first-order valence-corrected chi connectivity index (χ1v) is 10.4. The first-order valence-electron chi connectivity index (χ1n) is 10.4. The van der Waals surface area contributed by atoms with E-state index in [1.54, 1.807) is 0 Å². The average Bonchev–Trinajstić information content (AvgIpc) is 3.27. The molecule has 0 N–H and O–H groups in total. The first-order chi connectivity index (χ1) is 14.9. The van der Waals surface area contributed by atoms with Gasteiger partial charge in [0.05, 0.1) is 5.92 Å². The van der Waals surface area contributed by atoms with Gasteiger partial charge in [-0.15, -0.1) is 0 Å². The third kappa shape index (κ3) is 3.80. The molecule has 1 fully saturated rings. The van der Waals surface area contributed by atoms with Crippen LogP contribution in [0.2, 0.25) is 0 Å². The molecular weight excluding hydrogens is 368 g/mol. The van der Waals surface area contributed by atoms with Gasteiger partial charge < -0.3 is 9.47 Å². The number of rotatable bonds is 5. The number of benzene rings is 4. The molecule has 2 nitrogen and oxygen atoms in total. The highest BCUT2D eigenvalue weighted by Gasteiger charge is 2.42. The van der Waals surface area contributed by atoms with E-state index in [0.717, 1.165) is 11.1 Å². The van der Waals surface area contributed by atoms with Crippen LogP contribution in [0.15, 0.2) is 121 Å². The zero-order valence-corrected chi connectivity index (χ0v) is 16.7. The van der Waals surface area contributed by atoms with Crippen LogP contribution in [-0.2, 0) is 9.47 Å². The minimum Gasteiger partial charge on any atom is -0.341 e. The van der Waals surface area contributed by atoms with E-state index in [1.165, 1.54) is 11.1 Å². The molecule has 1 aliphatic rings. The van der Waals surface area contributed by atoms with Gasteiger partial charge in [-0.05, 0) is 22.3 Å². The van der Waals surface area contributed by atoms with Crippen molar-refractivity contribution >= 4 is 0 Å². The topological polar surface area (TPSA) is 18.5 Å². The maximum absolute atomic E-state index is 6.66. The van der Waals surface area contributed by atoms with Gasteiger partial charge in [0.1, 0.15) is 12.2 Å². The Morgan fingerprint density at radius 2 is 0.767 bits per heavy atom. The lowest BCUT2D eigenvalue weighted by Gasteiger charge is -2.24. The lowest BCUT2D eigenvalue weighted by atomic mass is 9.91. The predicted octanol–water partition coefficient (Wildman–Crippen LogP) is 6.67. The molecule has 0 aromatic heterocycles. The summed E-state index contributed by atoms with van der Waals surface area (Å²) in [5.74, 6) is -0.00711. The molecule has 5 rings (SSSR count). The van der Waals surface area contributed by atoms with Crippen LogP contribution < -0.4 is 0 Å². The summed E-state index contributed by atoms with van der Waals surface area (Å²) in [5, 5.41) is 0. The maximum Gasteiger partial charge on any atom is 0.170 e. The number of hydrogen-bond donors (Lipinski definition) is 0. The van der Waals surface area contributed by atoms with Gasteiger partial charge in [-0.25, -0.2) is 0 Å².